The zero-order chi connectivity index (χ0) is 10.1. The Hall–Kier alpha value is -1.75. The predicted octanol–water partition coefficient (Wildman–Crippen LogP) is 3.18. The molecule has 0 saturated carbocycles. The highest BCUT2D eigenvalue weighted by Gasteiger charge is 2.11. The quantitative estimate of drug-likeness (QED) is 0.684. The molecule has 0 aliphatic rings. The van der Waals surface area contributed by atoms with Crippen LogP contribution >= 0.6 is 0 Å². The summed E-state index contributed by atoms with van der Waals surface area (Å²) in [5.41, 5.74) is 3.02. The van der Waals surface area contributed by atoms with Gasteiger partial charge in [0.05, 0.1) is 0 Å². The fraction of sp³-hybridized carbons (Fsp3) is 0.250. The first-order chi connectivity index (χ1) is 6.76. The van der Waals surface area contributed by atoms with Gasteiger partial charge in [0.2, 0.25) is 5.76 Å². The SMILES string of the molecule is CCc1c(C#N)oc2ccc(C)cc12. The molecule has 2 aromatic rings. The fourth-order valence-corrected chi connectivity index (χ4v) is 1.70. The van der Waals surface area contributed by atoms with Crippen LogP contribution < -0.4 is 0 Å². The van der Waals surface area contributed by atoms with Crippen molar-refractivity contribution in [3.8, 4) is 6.07 Å². The third-order valence-corrected chi connectivity index (χ3v) is 2.40. The first-order valence-corrected chi connectivity index (χ1v) is 4.68. The van der Waals surface area contributed by atoms with Crippen molar-refractivity contribution in [1.29, 1.82) is 5.26 Å². The van der Waals surface area contributed by atoms with Crippen molar-refractivity contribution >= 4 is 11.0 Å². The maximum absolute atomic E-state index is 8.88. The summed E-state index contributed by atoms with van der Waals surface area (Å²) >= 11 is 0. The van der Waals surface area contributed by atoms with Gasteiger partial charge >= 0.3 is 0 Å². The Balaban J connectivity index is 2.83. The molecular weight excluding hydrogens is 174 g/mol. The van der Waals surface area contributed by atoms with Crippen LogP contribution in [0.5, 0.6) is 0 Å². The standard InChI is InChI=1S/C12H11NO/c1-3-9-10-6-8(2)4-5-11(10)14-12(9)7-13/h4-6H,3H2,1-2H3. The van der Waals surface area contributed by atoms with Crippen LogP contribution in [0.3, 0.4) is 0 Å². The molecule has 1 heterocycles. The molecular formula is C12H11NO. The molecule has 2 heteroatoms. The molecule has 0 aliphatic heterocycles. The number of benzene rings is 1. The van der Waals surface area contributed by atoms with Crippen LogP contribution in [-0.4, -0.2) is 0 Å². The van der Waals surface area contributed by atoms with E-state index in [0.29, 0.717) is 5.76 Å². The summed E-state index contributed by atoms with van der Waals surface area (Å²) in [6.45, 7) is 4.07. The van der Waals surface area contributed by atoms with Gasteiger partial charge < -0.3 is 4.42 Å². The molecule has 0 bridgehead atoms. The van der Waals surface area contributed by atoms with E-state index in [0.717, 1.165) is 23.0 Å². The predicted molar refractivity (Wildman–Crippen MR) is 55.0 cm³/mol. The van der Waals surface area contributed by atoms with E-state index in [1.165, 1.54) is 5.56 Å². The zero-order valence-electron chi connectivity index (χ0n) is 8.29. The molecule has 1 aromatic heterocycles. The van der Waals surface area contributed by atoms with Gasteiger partial charge in [0, 0.05) is 10.9 Å². The Bertz CT molecular complexity index is 517. The number of hydrogen-bond donors (Lipinski definition) is 0. The highest BCUT2D eigenvalue weighted by molar-refractivity contribution is 5.83. The highest BCUT2D eigenvalue weighted by Crippen LogP contribution is 2.26. The summed E-state index contributed by atoms with van der Waals surface area (Å²) in [6.07, 6.45) is 0.833. The van der Waals surface area contributed by atoms with Crippen molar-refractivity contribution in [3.05, 3.63) is 35.1 Å². The number of nitriles is 1. The molecule has 0 fully saturated rings. The van der Waals surface area contributed by atoms with Gasteiger partial charge in [-0.05, 0) is 25.5 Å². The molecule has 2 rings (SSSR count). The van der Waals surface area contributed by atoms with Crippen molar-refractivity contribution in [2.75, 3.05) is 0 Å². The van der Waals surface area contributed by atoms with Crippen molar-refractivity contribution in [2.45, 2.75) is 20.3 Å². The number of hydrogen-bond acceptors (Lipinski definition) is 2. The summed E-state index contributed by atoms with van der Waals surface area (Å²) in [5.74, 6) is 0.452. The second kappa shape index (κ2) is 3.19. The van der Waals surface area contributed by atoms with E-state index in [-0.39, 0.29) is 0 Å². The van der Waals surface area contributed by atoms with Gasteiger partial charge in [0.25, 0.3) is 0 Å². The zero-order valence-corrected chi connectivity index (χ0v) is 8.29. The normalized spacial score (nSPS) is 10.4. The molecule has 0 saturated heterocycles. The molecule has 0 unspecified atom stereocenters. The summed E-state index contributed by atoms with van der Waals surface area (Å²) in [5, 5.41) is 9.95. The van der Waals surface area contributed by atoms with E-state index in [9.17, 15) is 0 Å². The Morgan fingerprint density at radius 2 is 2.21 bits per heavy atom. The van der Waals surface area contributed by atoms with Crippen LogP contribution in [0.1, 0.15) is 23.8 Å². The maximum Gasteiger partial charge on any atom is 0.207 e. The Labute approximate surface area is 82.8 Å². The van der Waals surface area contributed by atoms with Crippen LogP contribution in [0.2, 0.25) is 0 Å². The van der Waals surface area contributed by atoms with Gasteiger partial charge in [-0.3, -0.25) is 0 Å². The van der Waals surface area contributed by atoms with Crippen molar-refractivity contribution in [1.82, 2.24) is 0 Å². The van der Waals surface area contributed by atoms with Gasteiger partial charge in [0.15, 0.2) is 0 Å². The van der Waals surface area contributed by atoms with E-state index in [2.05, 4.69) is 12.1 Å². The number of rotatable bonds is 1. The topological polar surface area (TPSA) is 36.9 Å². The van der Waals surface area contributed by atoms with Crippen molar-refractivity contribution in [2.24, 2.45) is 0 Å². The first kappa shape index (κ1) is 8.83. The highest BCUT2D eigenvalue weighted by atomic mass is 16.3. The average molecular weight is 185 g/mol. The molecule has 0 aliphatic carbocycles. The number of aryl methyl sites for hydroxylation is 2. The maximum atomic E-state index is 8.88. The average Bonchev–Trinajstić information content (AvgIpc) is 2.54. The lowest BCUT2D eigenvalue weighted by molar-refractivity contribution is 0.594. The van der Waals surface area contributed by atoms with Gasteiger partial charge in [-0.25, -0.2) is 0 Å². The van der Waals surface area contributed by atoms with Crippen LogP contribution in [0.25, 0.3) is 11.0 Å². The molecule has 0 radical (unpaired) electrons. The summed E-state index contributed by atoms with van der Waals surface area (Å²) in [4.78, 5) is 0. The second-order valence-corrected chi connectivity index (χ2v) is 3.37. The summed E-state index contributed by atoms with van der Waals surface area (Å²) in [7, 11) is 0. The lowest BCUT2D eigenvalue weighted by atomic mass is 10.1. The minimum atomic E-state index is 0.452. The minimum Gasteiger partial charge on any atom is -0.445 e. The summed E-state index contributed by atoms with van der Waals surface area (Å²) in [6, 6.07) is 8.07. The molecule has 0 atom stereocenters. The molecule has 14 heavy (non-hydrogen) atoms. The van der Waals surface area contributed by atoms with Crippen LogP contribution in [0, 0.1) is 18.3 Å². The monoisotopic (exact) mass is 185 g/mol. The molecule has 70 valence electrons. The van der Waals surface area contributed by atoms with Crippen LogP contribution in [0.4, 0.5) is 0 Å². The molecule has 0 N–H and O–H groups in total. The third-order valence-electron chi connectivity index (χ3n) is 2.40. The Kier molecular flexibility index (Phi) is 2.01. The fourth-order valence-electron chi connectivity index (χ4n) is 1.70. The van der Waals surface area contributed by atoms with Gasteiger partial charge in [-0.2, -0.15) is 5.26 Å². The molecule has 0 amide bonds. The third kappa shape index (κ3) is 1.18. The van der Waals surface area contributed by atoms with Crippen LogP contribution in [0.15, 0.2) is 22.6 Å². The molecule has 2 nitrogen and oxygen atoms in total. The Morgan fingerprint density at radius 1 is 1.43 bits per heavy atom. The lowest BCUT2D eigenvalue weighted by Gasteiger charge is -1.93. The lowest BCUT2D eigenvalue weighted by Crippen LogP contribution is -1.81. The number of fused-ring (bicyclic) bond motifs is 1. The van der Waals surface area contributed by atoms with Crippen molar-refractivity contribution < 1.29 is 4.42 Å². The Morgan fingerprint density at radius 3 is 2.86 bits per heavy atom. The van der Waals surface area contributed by atoms with Gasteiger partial charge in [0.1, 0.15) is 11.7 Å². The summed E-state index contributed by atoms with van der Waals surface area (Å²) < 4.78 is 5.43. The van der Waals surface area contributed by atoms with E-state index < -0.39 is 0 Å². The molecule has 1 aromatic carbocycles. The van der Waals surface area contributed by atoms with Gasteiger partial charge in [-0.1, -0.05) is 18.6 Å². The first-order valence-electron chi connectivity index (χ1n) is 4.68. The number of nitrogens with zero attached hydrogens (tertiary/aromatic N) is 1. The van der Waals surface area contributed by atoms with Crippen LogP contribution in [-0.2, 0) is 6.42 Å². The van der Waals surface area contributed by atoms with Crippen molar-refractivity contribution in [3.63, 3.8) is 0 Å². The van der Waals surface area contributed by atoms with E-state index in [1.807, 2.05) is 26.0 Å². The van der Waals surface area contributed by atoms with E-state index in [1.54, 1.807) is 0 Å². The van der Waals surface area contributed by atoms with E-state index >= 15 is 0 Å². The molecule has 0 spiro atoms. The number of furan rings is 1. The minimum absolute atomic E-state index is 0.452. The largest absolute Gasteiger partial charge is 0.445 e. The smallest absolute Gasteiger partial charge is 0.207 e. The second-order valence-electron chi connectivity index (χ2n) is 3.37. The van der Waals surface area contributed by atoms with Gasteiger partial charge in [-0.15, -0.1) is 0 Å². The van der Waals surface area contributed by atoms with E-state index in [4.69, 9.17) is 9.68 Å².